The van der Waals surface area contributed by atoms with Crippen molar-refractivity contribution in [2.75, 3.05) is 12.3 Å². The predicted molar refractivity (Wildman–Crippen MR) is 69.4 cm³/mol. The van der Waals surface area contributed by atoms with Gasteiger partial charge in [0.05, 0.1) is 0 Å². The fourth-order valence-corrected chi connectivity index (χ4v) is 1.86. The number of hydrogen-bond acceptors (Lipinski definition) is 4. The number of nitrogens with zero attached hydrogens (tertiary/aromatic N) is 1. The largest absolute Gasteiger partial charge is 0.383 e. The van der Waals surface area contributed by atoms with E-state index in [1.165, 1.54) is 0 Å². The highest BCUT2D eigenvalue weighted by molar-refractivity contribution is 5.84. The molecule has 0 aliphatic heterocycles. The van der Waals surface area contributed by atoms with Crippen molar-refractivity contribution in [3.05, 3.63) is 23.9 Å². The summed E-state index contributed by atoms with van der Waals surface area (Å²) < 4.78 is 0. The predicted octanol–water partition coefficient (Wildman–Crippen LogP) is 1.40. The molecule has 0 bridgehead atoms. The van der Waals surface area contributed by atoms with Crippen LogP contribution < -0.4 is 11.5 Å². The molecule has 0 saturated carbocycles. The van der Waals surface area contributed by atoms with E-state index in [2.05, 4.69) is 18.8 Å². The van der Waals surface area contributed by atoms with Crippen LogP contribution in [0.4, 0.5) is 5.82 Å². The molecule has 17 heavy (non-hydrogen) atoms. The Labute approximate surface area is 102 Å². The summed E-state index contributed by atoms with van der Waals surface area (Å²) in [6, 6.07) is 3.63. The minimum Gasteiger partial charge on any atom is -0.383 e. The Morgan fingerprint density at radius 1 is 1.47 bits per heavy atom. The fraction of sp³-hybridized carbons (Fsp3) is 0.538. The molecule has 94 valence electrons. The van der Waals surface area contributed by atoms with Crippen LogP contribution in [0.5, 0.6) is 0 Å². The highest BCUT2D eigenvalue weighted by Crippen LogP contribution is 2.16. The number of Topliss-reactive ketones (excluding diaryl/α,β-unsaturated/α-hetero) is 1. The third-order valence-electron chi connectivity index (χ3n) is 2.79. The van der Waals surface area contributed by atoms with Crippen molar-refractivity contribution in [3.8, 4) is 0 Å². The summed E-state index contributed by atoms with van der Waals surface area (Å²) in [5.74, 6) is 0.982. The lowest BCUT2D eigenvalue weighted by Gasteiger charge is -2.16. The van der Waals surface area contributed by atoms with Gasteiger partial charge in [0.25, 0.3) is 0 Å². The molecular weight excluding hydrogens is 214 g/mol. The van der Waals surface area contributed by atoms with Gasteiger partial charge in [0, 0.05) is 30.6 Å². The first kappa shape index (κ1) is 13.6. The molecule has 1 aromatic rings. The fourth-order valence-electron chi connectivity index (χ4n) is 1.86. The Hall–Kier alpha value is -1.42. The maximum atomic E-state index is 12.1. The molecule has 0 aliphatic carbocycles. The summed E-state index contributed by atoms with van der Waals surface area (Å²) in [7, 11) is 0. The van der Waals surface area contributed by atoms with Gasteiger partial charge in [-0.1, -0.05) is 19.9 Å². The first-order valence-corrected chi connectivity index (χ1v) is 5.96. The van der Waals surface area contributed by atoms with Gasteiger partial charge < -0.3 is 11.5 Å². The van der Waals surface area contributed by atoms with Gasteiger partial charge in [-0.15, -0.1) is 0 Å². The zero-order chi connectivity index (χ0) is 12.8. The van der Waals surface area contributed by atoms with Crippen molar-refractivity contribution in [3.63, 3.8) is 0 Å². The topological polar surface area (TPSA) is 82.0 Å². The van der Waals surface area contributed by atoms with Crippen LogP contribution in [0.3, 0.4) is 0 Å². The maximum absolute atomic E-state index is 12.1. The van der Waals surface area contributed by atoms with Gasteiger partial charge in [0.15, 0.2) is 0 Å². The number of rotatable bonds is 6. The number of carbonyl (C=O) groups is 1. The number of nitrogens with two attached hydrogens (primary N) is 2. The molecule has 0 saturated heterocycles. The Kier molecular flexibility index (Phi) is 5.10. The molecule has 0 amide bonds. The number of hydrogen-bond donors (Lipinski definition) is 2. The smallest absolute Gasteiger partial charge is 0.141 e. The zero-order valence-corrected chi connectivity index (χ0v) is 10.5. The monoisotopic (exact) mass is 235 g/mol. The minimum atomic E-state index is -0.0744. The summed E-state index contributed by atoms with van der Waals surface area (Å²) >= 11 is 0. The molecule has 0 aliphatic rings. The number of carbonyl (C=O) groups excluding carboxylic acids is 1. The van der Waals surface area contributed by atoms with Crippen LogP contribution in [-0.2, 0) is 11.2 Å². The van der Waals surface area contributed by atoms with Gasteiger partial charge in [-0.3, -0.25) is 4.79 Å². The molecule has 1 rings (SSSR count). The van der Waals surface area contributed by atoms with E-state index in [0.29, 0.717) is 24.7 Å². The number of anilines is 1. The molecule has 4 heteroatoms. The lowest BCUT2D eigenvalue weighted by molar-refractivity contribution is -0.122. The molecule has 1 unspecified atom stereocenters. The van der Waals surface area contributed by atoms with Crippen molar-refractivity contribution >= 4 is 11.6 Å². The number of ketones is 1. The molecule has 4 nitrogen and oxygen atoms in total. The Morgan fingerprint density at radius 2 is 2.18 bits per heavy atom. The van der Waals surface area contributed by atoms with Crippen LogP contribution in [0.25, 0.3) is 0 Å². The van der Waals surface area contributed by atoms with Gasteiger partial charge in [-0.2, -0.15) is 0 Å². The average molecular weight is 235 g/mol. The van der Waals surface area contributed by atoms with Crippen molar-refractivity contribution in [2.45, 2.75) is 26.7 Å². The zero-order valence-electron chi connectivity index (χ0n) is 10.5. The van der Waals surface area contributed by atoms with Crippen molar-refractivity contribution in [1.29, 1.82) is 0 Å². The maximum Gasteiger partial charge on any atom is 0.141 e. The van der Waals surface area contributed by atoms with Crippen LogP contribution in [0, 0.1) is 11.8 Å². The van der Waals surface area contributed by atoms with E-state index in [0.717, 1.165) is 12.0 Å². The Bertz CT molecular complexity index is 377. The lowest BCUT2D eigenvalue weighted by Crippen LogP contribution is -2.26. The lowest BCUT2D eigenvalue weighted by atomic mass is 9.90. The van der Waals surface area contributed by atoms with Crippen LogP contribution in [0.2, 0.25) is 0 Å². The van der Waals surface area contributed by atoms with Crippen molar-refractivity contribution < 1.29 is 4.79 Å². The second-order valence-electron chi connectivity index (χ2n) is 4.75. The van der Waals surface area contributed by atoms with E-state index in [-0.39, 0.29) is 11.7 Å². The molecule has 0 aromatic carbocycles. The molecule has 1 atom stereocenters. The second-order valence-corrected chi connectivity index (χ2v) is 4.75. The molecule has 0 radical (unpaired) electrons. The quantitative estimate of drug-likeness (QED) is 0.780. The van der Waals surface area contributed by atoms with Crippen molar-refractivity contribution in [2.24, 2.45) is 17.6 Å². The highest BCUT2D eigenvalue weighted by atomic mass is 16.1. The third kappa shape index (κ3) is 4.15. The van der Waals surface area contributed by atoms with E-state index in [4.69, 9.17) is 11.5 Å². The number of nitrogen functional groups attached to an aromatic ring is 1. The summed E-state index contributed by atoms with van der Waals surface area (Å²) in [5, 5.41) is 0. The highest BCUT2D eigenvalue weighted by Gasteiger charge is 2.19. The van der Waals surface area contributed by atoms with Crippen LogP contribution in [-0.4, -0.2) is 17.3 Å². The van der Waals surface area contributed by atoms with Gasteiger partial charge >= 0.3 is 0 Å². The molecule has 1 aromatic heterocycles. The Morgan fingerprint density at radius 3 is 2.71 bits per heavy atom. The Balaban J connectivity index is 2.67. The molecular formula is C13H21N3O. The summed E-state index contributed by atoms with van der Waals surface area (Å²) in [5.41, 5.74) is 12.2. The average Bonchev–Trinajstić information content (AvgIpc) is 2.28. The molecule has 0 spiro atoms. The van der Waals surface area contributed by atoms with Crippen LogP contribution in [0.1, 0.15) is 25.8 Å². The number of pyridine rings is 1. The SMILES string of the molecule is CC(C)CC(CN)C(=O)Cc1cccnc1N. The number of aromatic nitrogens is 1. The first-order chi connectivity index (χ1) is 8.04. The summed E-state index contributed by atoms with van der Waals surface area (Å²) in [6.07, 6.45) is 2.78. The second kappa shape index (κ2) is 6.35. The first-order valence-electron chi connectivity index (χ1n) is 5.96. The van der Waals surface area contributed by atoms with E-state index >= 15 is 0 Å². The van der Waals surface area contributed by atoms with Gasteiger partial charge in [-0.05, 0) is 18.4 Å². The van der Waals surface area contributed by atoms with Crippen molar-refractivity contribution in [1.82, 2.24) is 4.98 Å². The van der Waals surface area contributed by atoms with E-state index in [1.807, 2.05) is 6.07 Å². The van der Waals surface area contributed by atoms with Gasteiger partial charge in [0.2, 0.25) is 0 Å². The van der Waals surface area contributed by atoms with E-state index in [1.54, 1.807) is 12.3 Å². The van der Waals surface area contributed by atoms with Gasteiger partial charge in [-0.25, -0.2) is 4.98 Å². The minimum absolute atomic E-state index is 0.0744. The van der Waals surface area contributed by atoms with Crippen LogP contribution in [0.15, 0.2) is 18.3 Å². The molecule has 0 fully saturated rings. The van der Waals surface area contributed by atoms with E-state index in [9.17, 15) is 4.79 Å². The normalized spacial score (nSPS) is 12.7. The summed E-state index contributed by atoms with van der Waals surface area (Å²) in [4.78, 5) is 16.0. The van der Waals surface area contributed by atoms with Crippen LogP contribution >= 0.6 is 0 Å². The third-order valence-corrected chi connectivity index (χ3v) is 2.79. The van der Waals surface area contributed by atoms with Gasteiger partial charge in [0.1, 0.15) is 11.6 Å². The standard InChI is InChI=1S/C13H21N3O/c1-9(2)6-11(8-14)12(17)7-10-4-3-5-16-13(10)15/h3-5,9,11H,6-8,14H2,1-2H3,(H2,15,16). The van der Waals surface area contributed by atoms with E-state index < -0.39 is 0 Å². The molecule has 1 heterocycles. The summed E-state index contributed by atoms with van der Waals surface area (Å²) in [6.45, 7) is 4.58. The molecule has 4 N–H and O–H groups in total.